The van der Waals surface area contributed by atoms with E-state index in [4.69, 9.17) is 10.3 Å². The molecule has 0 amide bonds. The molecule has 84 valence electrons. The molecule has 0 aliphatic heterocycles. The number of phenols is 1. The first kappa shape index (κ1) is 10.5. The zero-order valence-corrected chi connectivity index (χ0v) is 9.27. The molecular formula is C12H14N2O2. The zero-order valence-electron chi connectivity index (χ0n) is 9.27. The molecule has 3 N–H and O–H groups in total. The predicted molar refractivity (Wildman–Crippen MR) is 62.1 cm³/mol. The number of hydrogen-bond donors (Lipinski definition) is 2. The van der Waals surface area contributed by atoms with Crippen molar-refractivity contribution in [3.8, 4) is 16.9 Å². The number of nitrogens with zero attached hydrogens (tertiary/aromatic N) is 1. The largest absolute Gasteiger partial charge is 0.507 e. The topological polar surface area (TPSA) is 72.3 Å². The molecule has 0 saturated carbocycles. The van der Waals surface area contributed by atoms with Crippen molar-refractivity contribution in [2.24, 2.45) is 0 Å². The van der Waals surface area contributed by atoms with E-state index < -0.39 is 0 Å². The Morgan fingerprint density at radius 2 is 2.06 bits per heavy atom. The summed E-state index contributed by atoms with van der Waals surface area (Å²) >= 11 is 0. The molecule has 4 nitrogen and oxygen atoms in total. The van der Waals surface area contributed by atoms with E-state index >= 15 is 0 Å². The Morgan fingerprint density at radius 3 is 2.56 bits per heavy atom. The Hall–Kier alpha value is -1.97. The Kier molecular flexibility index (Phi) is 2.56. The number of nitrogen functional groups attached to an aromatic ring is 1. The Morgan fingerprint density at radius 1 is 1.31 bits per heavy atom. The lowest BCUT2D eigenvalue weighted by atomic mass is 9.99. The van der Waals surface area contributed by atoms with Gasteiger partial charge < -0.3 is 15.4 Å². The van der Waals surface area contributed by atoms with Crippen LogP contribution in [-0.2, 0) is 0 Å². The highest BCUT2D eigenvalue weighted by atomic mass is 16.5. The van der Waals surface area contributed by atoms with Gasteiger partial charge in [-0.25, -0.2) is 0 Å². The standard InChI is InChI=1S/C12H14N2O2/c1-7(2)8-3-4-9(11(15)5-8)10-6-14-16-12(10)13/h3-7,15H,13H2,1-2H3. The highest BCUT2D eigenvalue weighted by Gasteiger charge is 2.12. The summed E-state index contributed by atoms with van der Waals surface area (Å²) in [4.78, 5) is 0. The molecule has 1 heterocycles. The van der Waals surface area contributed by atoms with Crippen LogP contribution in [0.3, 0.4) is 0 Å². The van der Waals surface area contributed by atoms with Crippen molar-refractivity contribution >= 4 is 5.88 Å². The van der Waals surface area contributed by atoms with Gasteiger partial charge in [-0.05, 0) is 17.5 Å². The number of nitrogens with two attached hydrogens (primary N) is 1. The molecule has 0 saturated heterocycles. The van der Waals surface area contributed by atoms with E-state index in [2.05, 4.69) is 19.0 Å². The number of aromatic nitrogens is 1. The highest BCUT2D eigenvalue weighted by Crippen LogP contribution is 2.34. The molecule has 4 heteroatoms. The summed E-state index contributed by atoms with van der Waals surface area (Å²) in [6, 6.07) is 5.53. The number of anilines is 1. The van der Waals surface area contributed by atoms with Gasteiger partial charge in [-0.3, -0.25) is 0 Å². The molecule has 0 fully saturated rings. The lowest BCUT2D eigenvalue weighted by Gasteiger charge is -2.08. The van der Waals surface area contributed by atoms with Crippen LogP contribution in [0, 0.1) is 0 Å². The molecule has 0 atom stereocenters. The van der Waals surface area contributed by atoms with E-state index in [0.717, 1.165) is 5.56 Å². The third-order valence-electron chi connectivity index (χ3n) is 2.58. The molecular weight excluding hydrogens is 204 g/mol. The van der Waals surface area contributed by atoms with Crippen molar-refractivity contribution in [1.82, 2.24) is 5.16 Å². The molecule has 0 spiro atoms. The van der Waals surface area contributed by atoms with Crippen LogP contribution in [0.5, 0.6) is 5.75 Å². The monoisotopic (exact) mass is 218 g/mol. The van der Waals surface area contributed by atoms with Crippen LogP contribution in [0.2, 0.25) is 0 Å². The number of aromatic hydroxyl groups is 1. The number of rotatable bonds is 2. The van der Waals surface area contributed by atoms with Gasteiger partial charge >= 0.3 is 0 Å². The second-order valence-electron chi connectivity index (χ2n) is 4.04. The fourth-order valence-electron chi connectivity index (χ4n) is 1.59. The third kappa shape index (κ3) is 1.74. The molecule has 0 aliphatic carbocycles. The van der Waals surface area contributed by atoms with Crippen molar-refractivity contribution in [3.05, 3.63) is 30.0 Å². The van der Waals surface area contributed by atoms with Crippen LogP contribution in [0.4, 0.5) is 5.88 Å². The van der Waals surface area contributed by atoms with E-state index in [1.807, 2.05) is 12.1 Å². The van der Waals surface area contributed by atoms with Crippen LogP contribution in [-0.4, -0.2) is 10.3 Å². The van der Waals surface area contributed by atoms with Crippen molar-refractivity contribution < 1.29 is 9.63 Å². The van der Waals surface area contributed by atoms with Crippen LogP contribution >= 0.6 is 0 Å². The minimum atomic E-state index is 0.195. The Balaban J connectivity index is 2.48. The maximum Gasteiger partial charge on any atom is 0.230 e. The minimum absolute atomic E-state index is 0.195. The number of hydrogen-bond acceptors (Lipinski definition) is 4. The van der Waals surface area contributed by atoms with Crippen LogP contribution < -0.4 is 5.73 Å². The number of phenolic OH excluding ortho intramolecular Hbond substituents is 1. The van der Waals surface area contributed by atoms with Gasteiger partial charge in [-0.1, -0.05) is 31.1 Å². The summed E-state index contributed by atoms with van der Waals surface area (Å²) < 4.78 is 4.77. The van der Waals surface area contributed by atoms with E-state index in [1.165, 1.54) is 6.20 Å². The smallest absolute Gasteiger partial charge is 0.230 e. The third-order valence-corrected chi connectivity index (χ3v) is 2.58. The second kappa shape index (κ2) is 3.89. The highest BCUT2D eigenvalue weighted by molar-refractivity contribution is 5.76. The quantitative estimate of drug-likeness (QED) is 0.812. The minimum Gasteiger partial charge on any atom is -0.507 e. The van der Waals surface area contributed by atoms with Gasteiger partial charge in [-0.2, -0.15) is 0 Å². The molecule has 1 aromatic carbocycles. The normalized spacial score (nSPS) is 10.9. The summed E-state index contributed by atoms with van der Waals surface area (Å²) in [7, 11) is 0. The predicted octanol–water partition coefficient (Wildman–Crippen LogP) is 2.75. The number of benzene rings is 1. The van der Waals surface area contributed by atoms with Gasteiger partial charge in [0, 0.05) is 5.56 Å². The van der Waals surface area contributed by atoms with E-state index in [0.29, 0.717) is 17.0 Å². The average molecular weight is 218 g/mol. The van der Waals surface area contributed by atoms with Crippen molar-refractivity contribution in [3.63, 3.8) is 0 Å². The lowest BCUT2D eigenvalue weighted by Crippen LogP contribution is -1.89. The SMILES string of the molecule is CC(C)c1ccc(-c2cnoc2N)c(O)c1. The van der Waals surface area contributed by atoms with E-state index in [1.54, 1.807) is 6.07 Å². The lowest BCUT2D eigenvalue weighted by molar-refractivity contribution is 0.436. The first-order chi connectivity index (χ1) is 7.59. The van der Waals surface area contributed by atoms with Crippen LogP contribution in [0.15, 0.2) is 28.9 Å². The fourth-order valence-corrected chi connectivity index (χ4v) is 1.59. The summed E-state index contributed by atoms with van der Waals surface area (Å²) in [5.41, 5.74) is 7.94. The molecule has 0 unspecified atom stereocenters. The summed E-state index contributed by atoms with van der Waals surface area (Å²) in [6.45, 7) is 4.14. The van der Waals surface area contributed by atoms with Gasteiger partial charge in [0.05, 0.1) is 11.8 Å². The summed E-state index contributed by atoms with van der Waals surface area (Å²) in [5, 5.41) is 13.5. The fraction of sp³-hybridized carbons (Fsp3) is 0.250. The summed E-state index contributed by atoms with van der Waals surface area (Å²) in [5.74, 6) is 0.786. The van der Waals surface area contributed by atoms with Gasteiger partial charge in [0.2, 0.25) is 5.88 Å². The van der Waals surface area contributed by atoms with Crippen LogP contribution in [0.1, 0.15) is 25.3 Å². The maximum absolute atomic E-state index is 9.91. The van der Waals surface area contributed by atoms with Gasteiger partial charge in [-0.15, -0.1) is 0 Å². The zero-order chi connectivity index (χ0) is 11.7. The molecule has 0 radical (unpaired) electrons. The van der Waals surface area contributed by atoms with E-state index in [-0.39, 0.29) is 11.6 Å². The molecule has 1 aromatic heterocycles. The molecule has 2 aromatic rings. The Labute approximate surface area is 93.7 Å². The second-order valence-corrected chi connectivity index (χ2v) is 4.04. The molecule has 16 heavy (non-hydrogen) atoms. The van der Waals surface area contributed by atoms with Gasteiger partial charge in [0.15, 0.2) is 0 Å². The summed E-state index contributed by atoms with van der Waals surface area (Å²) in [6.07, 6.45) is 1.50. The molecule has 0 bridgehead atoms. The van der Waals surface area contributed by atoms with Crippen molar-refractivity contribution in [2.45, 2.75) is 19.8 Å². The van der Waals surface area contributed by atoms with Gasteiger partial charge in [0.25, 0.3) is 0 Å². The molecule has 2 rings (SSSR count). The Bertz CT molecular complexity index is 503. The van der Waals surface area contributed by atoms with Gasteiger partial charge in [0.1, 0.15) is 5.75 Å². The average Bonchev–Trinajstić information content (AvgIpc) is 2.64. The van der Waals surface area contributed by atoms with Crippen LogP contribution in [0.25, 0.3) is 11.1 Å². The van der Waals surface area contributed by atoms with E-state index in [9.17, 15) is 5.11 Å². The first-order valence-electron chi connectivity index (χ1n) is 5.13. The molecule has 0 aliphatic rings. The van der Waals surface area contributed by atoms with Crippen molar-refractivity contribution in [2.75, 3.05) is 5.73 Å². The van der Waals surface area contributed by atoms with Crippen molar-refractivity contribution in [1.29, 1.82) is 0 Å². The maximum atomic E-state index is 9.91. The first-order valence-corrected chi connectivity index (χ1v) is 5.13.